The molecule has 0 aliphatic rings. The minimum Gasteiger partial charge on any atom is -0.312 e. The monoisotopic (exact) mass is 507 g/mol. The van der Waals surface area contributed by atoms with Gasteiger partial charge in [-0.3, -0.25) is 4.79 Å². The van der Waals surface area contributed by atoms with Crippen molar-refractivity contribution < 1.29 is 13.2 Å². The molecule has 0 bridgehead atoms. The Hall–Kier alpha value is -3.57. The molecule has 0 saturated carbocycles. The number of amides is 1. The summed E-state index contributed by atoms with van der Waals surface area (Å²) in [4.78, 5) is 17.8. The number of allylic oxidation sites excluding steroid dienone is 1. The van der Waals surface area contributed by atoms with Crippen LogP contribution in [0.4, 0.5) is 0 Å². The van der Waals surface area contributed by atoms with Gasteiger partial charge < -0.3 is 4.57 Å². The summed E-state index contributed by atoms with van der Waals surface area (Å²) >= 11 is 1.41. The van der Waals surface area contributed by atoms with Gasteiger partial charge in [-0.05, 0) is 55.3 Å². The second kappa shape index (κ2) is 11.2. The van der Waals surface area contributed by atoms with Gasteiger partial charge in [0.05, 0.1) is 27.3 Å². The summed E-state index contributed by atoms with van der Waals surface area (Å²) in [5, 5.41) is 17.7. The van der Waals surface area contributed by atoms with Crippen molar-refractivity contribution in [2.45, 2.75) is 38.1 Å². The first-order chi connectivity index (χ1) is 16.7. The summed E-state index contributed by atoms with van der Waals surface area (Å²) in [5.41, 5.74) is 3.46. The molecule has 3 aromatic rings. The van der Waals surface area contributed by atoms with Crippen LogP contribution in [0, 0.1) is 36.5 Å². The van der Waals surface area contributed by atoms with Crippen LogP contribution >= 0.6 is 11.3 Å². The number of carbonyl (C=O) groups excluding carboxylic acids is 1. The number of carbonyl (C=O) groups is 1. The standard InChI is InChI=1S/C25H25N5O3S2/c1-4-13-30-23-19(3)16-18(2)17-22(23)34-25(30)28-24(31)20-7-9-21(10-8-20)35(32,33)29(14-5-11-26)15-6-12-27/h4,7-10,16-17H,1,5-6,13-15H2,2-3H3. The molecule has 0 aliphatic heterocycles. The fourth-order valence-corrected chi connectivity index (χ4v) is 6.40. The first-order valence-electron chi connectivity index (χ1n) is 10.9. The molecule has 3 rings (SSSR count). The normalized spacial score (nSPS) is 12.0. The number of nitriles is 2. The van der Waals surface area contributed by atoms with Crippen molar-refractivity contribution in [1.82, 2.24) is 8.87 Å². The van der Waals surface area contributed by atoms with Gasteiger partial charge in [-0.25, -0.2) is 8.42 Å². The Bertz CT molecular complexity index is 1500. The van der Waals surface area contributed by atoms with E-state index < -0.39 is 15.9 Å². The van der Waals surface area contributed by atoms with E-state index in [1.807, 2.05) is 30.6 Å². The summed E-state index contributed by atoms with van der Waals surface area (Å²) in [6.07, 6.45) is 1.77. The number of fused-ring (bicyclic) bond motifs is 1. The van der Waals surface area contributed by atoms with Crippen molar-refractivity contribution in [3.05, 3.63) is 70.5 Å². The first kappa shape index (κ1) is 26.0. The van der Waals surface area contributed by atoms with E-state index in [9.17, 15) is 13.2 Å². The maximum absolute atomic E-state index is 13.0. The number of benzene rings is 2. The average Bonchev–Trinajstić information content (AvgIpc) is 3.16. The largest absolute Gasteiger partial charge is 0.312 e. The van der Waals surface area contributed by atoms with Crippen LogP contribution in [0.5, 0.6) is 0 Å². The van der Waals surface area contributed by atoms with Crippen LogP contribution in [0.2, 0.25) is 0 Å². The second-order valence-corrected chi connectivity index (χ2v) is 10.8. The van der Waals surface area contributed by atoms with Crippen molar-refractivity contribution in [1.29, 1.82) is 10.5 Å². The summed E-state index contributed by atoms with van der Waals surface area (Å²) < 4.78 is 30.0. The summed E-state index contributed by atoms with van der Waals surface area (Å²) in [5.74, 6) is -0.487. The minimum atomic E-state index is -3.91. The Morgan fingerprint density at radius 3 is 2.34 bits per heavy atom. The molecule has 0 aliphatic carbocycles. The molecule has 0 spiro atoms. The van der Waals surface area contributed by atoms with E-state index in [2.05, 4.69) is 23.7 Å². The number of aromatic nitrogens is 1. The van der Waals surface area contributed by atoms with E-state index in [4.69, 9.17) is 10.5 Å². The maximum atomic E-state index is 13.0. The molecule has 180 valence electrons. The minimum absolute atomic E-state index is 0.00927. The van der Waals surface area contributed by atoms with Crippen LogP contribution in [0.15, 0.2) is 58.9 Å². The van der Waals surface area contributed by atoms with E-state index in [1.165, 1.54) is 35.6 Å². The molecule has 2 aromatic carbocycles. The van der Waals surface area contributed by atoms with Crippen molar-refractivity contribution in [2.75, 3.05) is 13.1 Å². The Labute approximate surface area is 208 Å². The smallest absolute Gasteiger partial charge is 0.279 e. The molecule has 0 fully saturated rings. The summed E-state index contributed by atoms with van der Waals surface area (Å²) in [7, 11) is -3.91. The highest BCUT2D eigenvalue weighted by Gasteiger charge is 2.24. The molecule has 8 nitrogen and oxygen atoms in total. The van der Waals surface area contributed by atoms with Gasteiger partial charge in [-0.2, -0.15) is 19.8 Å². The quantitative estimate of drug-likeness (QED) is 0.405. The molecule has 0 unspecified atom stereocenters. The van der Waals surface area contributed by atoms with Gasteiger partial charge in [-0.1, -0.05) is 23.5 Å². The number of hydrogen-bond donors (Lipinski definition) is 0. The maximum Gasteiger partial charge on any atom is 0.279 e. The Balaban J connectivity index is 1.96. The number of thiazole rings is 1. The topological polar surface area (TPSA) is 119 Å². The second-order valence-electron chi connectivity index (χ2n) is 7.87. The van der Waals surface area contributed by atoms with Gasteiger partial charge in [-0.15, -0.1) is 6.58 Å². The lowest BCUT2D eigenvalue weighted by Crippen LogP contribution is -2.32. The van der Waals surface area contributed by atoms with Crippen LogP contribution in [0.3, 0.4) is 0 Å². The van der Waals surface area contributed by atoms with E-state index in [0.717, 1.165) is 25.6 Å². The zero-order valence-electron chi connectivity index (χ0n) is 19.6. The van der Waals surface area contributed by atoms with Crippen LogP contribution in [-0.2, 0) is 16.6 Å². The number of hydrogen-bond acceptors (Lipinski definition) is 6. The molecular weight excluding hydrogens is 482 g/mol. The van der Waals surface area contributed by atoms with Crippen molar-refractivity contribution >= 4 is 37.5 Å². The molecule has 0 atom stereocenters. The summed E-state index contributed by atoms with van der Waals surface area (Å²) in [6, 6.07) is 13.5. The van der Waals surface area contributed by atoms with E-state index in [0.29, 0.717) is 11.3 Å². The molecule has 1 amide bonds. The molecule has 10 heteroatoms. The van der Waals surface area contributed by atoms with E-state index in [1.54, 1.807) is 6.08 Å². The third-order valence-corrected chi connectivity index (χ3v) is 8.24. The molecular formula is C25H25N5O3S2. The predicted molar refractivity (Wildman–Crippen MR) is 135 cm³/mol. The molecule has 0 radical (unpaired) electrons. The third kappa shape index (κ3) is 5.75. The Morgan fingerprint density at radius 2 is 1.77 bits per heavy atom. The van der Waals surface area contributed by atoms with Crippen LogP contribution in [-0.4, -0.2) is 36.3 Å². The molecule has 0 N–H and O–H groups in total. The highest BCUT2D eigenvalue weighted by atomic mass is 32.2. The Morgan fingerprint density at radius 1 is 1.14 bits per heavy atom. The van der Waals surface area contributed by atoms with Gasteiger partial charge in [0.25, 0.3) is 5.91 Å². The molecule has 0 saturated heterocycles. The SMILES string of the molecule is C=CCn1c(=NC(=O)c2ccc(S(=O)(=O)N(CCC#N)CCC#N)cc2)sc2cc(C)cc(C)c21. The fourth-order valence-electron chi connectivity index (χ4n) is 3.75. The third-order valence-electron chi connectivity index (χ3n) is 5.31. The fraction of sp³-hybridized carbons (Fsp3) is 0.280. The Kier molecular flexibility index (Phi) is 8.36. The molecule has 1 heterocycles. The zero-order valence-corrected chi connectivity index (χ0v) is 21.2. The van der Waals surface area contributed by atoms with E-state index >= 15 is 0 Å². The zero-order chi connectivity index (χ0) is 25.6. The summed E-state index contributed by atoms with van der Waals surface area (Å²) in [6.45, 7) is 8.32. The highest BCUT2D eigenvalue weighted by molar-refractivity contribution is 7.89. The molecule has 1 aromatic heterocycles. The number of rotatable bonds is 9. The van der Waals surface area contributed by atoms with Gasteiger partial charge in [0, 0.05) is 38.0 Å². The number of sulfonamides is 1. The predicted octanol–water partition coefficient (Wildman–Crippen LogP) is 4.06. The first-order valence-corrected chi connectivity index (χ1v) is 13.1. The van der Waals surface area contributed by atoms with Crippen molar-refractivity contribution in [2.24, 2.45) is 4.99 Å². The average molecular weight is 508 g/mol. The van der Waals surface area contributed by atoms with Gasteiger partial charge in [0.1, 0.15) is 0 Å². The van der Waals surface area contributed by atoms with E-state index in [-0.39, 0.29) is 36.4 Å². The lowest BCUT2D eigenvalue weighted by atomic mass is 10.1. The van der Waals surface area contributed by atoms with Crippen LogP contribution < -0.4 is 4.80 Å². The van der Waals surface area contributed by atoms with Crippen LogP contribution in [0.1, 0.15) is 34.3 Å². The van der Waals surface area contributed by atoms with Gasteiger partial charge in [0.15, 0.2) is 4.80 Å². The lowest BCUT2D eigenvalue weighted by Gasteiger charge is -2.20. The molecule has 35 heavy (non-hydrogen) atoms. The number of nitrogens with zero attached hydrogens (tertiary/aromatic N) is 5. The van der Waals surface area contributed by atoms with Gasteiger partial charge in [0.2, 0.25) is 10.0 Å². The highest BCUT2D eigenvalue weighted by Crippen LogP contribution is 2.23. The lowest BCUT2D eigenvalue weighted by molar-refractivity contribution is 0.0997. The number of aryl methyl sites for hydroxylation is 2. The van der Waals surface area contributed by atoms with Gasteiger partial charge >= 0.3 is 0 Å². The van der Waals surface area contributed by atoms with Crippen molar-refractivity contribution in [3.8, 4) is 12.1 Å². The van der Waals surface area contributed by atoms with Crippen molar-refractivity contribution in [3.63, 3.8) is 0 Å². The van der Waals surface area contributed by atoms with Crippen LogP contribution in [0.25, 0.3) is 10.2 Å².